The lowest BCUT2D eigenvalue weighted by Crippen LogP contribution is -2.65. The lowest BCUT2D eigenvalue weighted by Gasteiger charge is -2.40. The van der Waals surface area contributed by atoms with Gasteiger partial charge in [-0.1, -0.05) is 149 Å². The maximum Gasteiger partial charge on any atom is 0.408 e. The van der Waals surface area contributed by atoms with E-state index in [9.17, 15) is 29.4 Å². The number of ether oxygens (including phenoxy) is 2. The smallest absolute Gasteiger partial charge is 0.408 e. The summed E-state index contributed by atoms with van der Waals surface area (Å²) in [6.45, 7) is 6.62. The van der Waals surface area contributed by atoms with Crippen molar-refractivity contribution in [3.8, 4) is 0 Å². The first-order valence-electron chi connectivity index (χ1n) is 18.9. The van der Waals surface area contributed by atoms with Crippen LogP contribution in [0.25, 0.3) is 0 Å². The van der Waals surface area contributed by atoms with Crippen molar-refractivity contribution in [2.45, 2.75) is 90.1 Å². The van der Waals surface area contributed by atoms with E-state index in [1.807, 2.05) is 42.5 Å². The Morgan fingerprint density at radius 1 is 0.554 bits per heavy atom. The highest BCUT2D eigenvalue weighted by molar-refractivity contribution is 6.02. The van der Waals surface area contributed by atoms with E-state index in [4.69, 9.17) is 15.2 Å². The van der Waals surface area contributed by atoms with Crippen LogP contribution in [0.4, 0.5) is 9.59 Å². The number of hydrogen-bond acceptors (Lipinski definition) is 9. The molecule has 4 aromatic carbocycles. The third-order valence-electron chi connectivity index (χ3n) is 9.43. The largest absolute Gasteiger partial charge is 0.445 e. The van der Waals surface area contributed by atoms with Crippen molar-refractivity contribution in [2.24, 2.45) is 17.6 Å². The number of amides is 4. The van der Waals surface area contributed by atoms with Crippen LogP contribution in [0.2, 0.25) is 0 Å². The maximum absolute atomic E-state index is 14.9. The van der Waals surface area contributed by atoms with Gasteiger partial charge in [-0.05, 0) is 46.9 Å². The average Bonchev–Trinajstić information content (AvgIpc) is 3.20. The second kappa shape index (κ2) is 21.5. The zero-order valence-corrected chi connectivity index (χ0v) is 32.4. The van der Waals surface area contributed by atoms with E-state index < -0.39 is 72.2 Å². The fraction of sp³-hybridized carbons (Fsp3) is 0.364. The van der Waals surface area contributed by atoms with Crippen molar-refractivity contribution < 1.29 is 38.9 Å². The molecule has 0 bridgehead atoms. The number of alkyl carbamates (subject to hydrolysis) is 2. The molecule has 12 nitrogen and oxygen atoms in total. The summed E-state index contributed by atoms with van der Waals surface area (Å²) >= 11 is 0. The van der Waals surface area contributed by atoms with Crippen LogP contribution in [-0.4, -0.2) is 75.5 Å². The van der Waals surface area contributed by atoms with Gasteiger partial charge in [-0.2, -0.15) is 0 Å². The van der Waals surface area contributed by atoms with E-state index in [0.29, 0.717) is 5.56 Å². The molecular weight excluding hydrogens is 713 g/mol. The molecule has 0 aliphatic carbocycles. The molecule has 4 amide bonds. The Bertz CT molecular complexity index is 1730. The van der Waals surface area contributed by atoms with Crippen LogP contribution in [0.1, 0.15) is 49.9 Å². The average molecular weight is 767 g/mol. The van der Waals surface area contributed by atoms with Crippen LogP contribution in [0, 0.1) is 11.8 Å². The number of nitrogens with zero attached hydrogens (tertiary/aromatic N) is 1. The molecule has 4 rings (SSSR count). The number of imide groups is 1. The van der Waals surface area contributed by atoms with Crippen molar-refractivity contribution in [2.75, 3.05) is 0 Å². The summed E-state index contributed by atoms with van der Waals surface area (Å²) in [5, 5.41) is 29.0. The fourth-order valence-corrected chi connectivity index (χ4v) is 6.25. The summed E-state index contributed by atoms with van der Waals surface area (Å²) in [4.78, 5) is 57.2. The number of benzene rings is 4. The number of carbonyl (C=O) groups is 4. The molecule has 0 saturated carbocycles. The van der Waals surface area contributed by atoms with Gasteiger partial charge in [-0.25, -0.2) is 9.59 Å². The molecule has 12 heteroatoms. The van der Waals surface area contributed by atoms with E-state index >= 15 is 0 Å². The first-order chi connectivity index (χ1) is 26.8. The van der Waals surface area contributed by atoms with E-state index in [2.05, 4.69) is 10.6 Å². The molecule has 6 N–H and O–H groups in total. The molecule has 0 spiro atoms. The number of hydrogen-bond donors (Lipinski definition) is 5. The Kier molecular flexibility index (Phi) is 16.6. The lowest BCUT2D eigenvalue weighted by atomic mass is 9.89. The molecule has 0 aliphatic rings. The number of nitrogens with two attached hydrogens (primary N) is 1. The van der Waals surface area contributed by atoms with Crippen LogP contribution >= 0.6 is 0 Å². The lowest BCUT2D eigenvalue weighted by molar-refractivity contribution is -0.157. The van der Waals surface area contributed by atoms with Crippen molar-refractivity contribution in [1.29, 1.82) is 0 Å². The van der Waals surface area contributed by atoms with Gasteiger partial charge in [0, 0.05) is 6.04 Å². The van der Waals surface area contributed by atoms with Gasteiger partial charge in [0.1, 0.15) is 31.4 Å². The minimum Gasteiger partial charge on any atom is -0.445 e. The van der Waals surface area contributed by atoms with Crippen LogP contribution in [0.5, 0.6) is 0 Å². The van der Waals surface area contributed by atoms with Crippen molar-refractivity contribution in [3.63, 3.8) is 0 Å². The number of aliphatic hydroxyl groups excluding tert-OH is 2. The van der Waals surface area contributed by atoms with Gasteiger partial charge in [0.15, 0.2) is 0 Å². The van der Waals surface area contributed by atoms with Gasteiger partial charge in [0.2, 0.25) is 0 Å². The monoisotopic (exact) mass is 766 g/mol. The third-order valence-corrected chi connectivity index (χ3v) is 9.43. The van der Waals surface area contributed by atoms with E-state index in [1.54, 1.807) is 107 Å². The molecule has 6 atom stereocenters. The summed E-state index contributed by atoms with van der Waals surface area (Å²) in [7, 11) is 0. The molecule has 56 heavy (non-hydrogen) atoms. The maximum atomic E-state index is 14.9. The van der Waals surface area contributed by atoms with Crippen molar-refractivity contribution in [3.05, 3.63) is 144 Å². The Balaban J connectivity index is 1.72. The van der Waals surface area contributed by atoms with Crippen molar-refractivity contribution in [1.82, 2.24) is 15.5 Å². The van der Waals surface area contributed by atoms with Gasteiger partial charge in [-0.3, -0.25) is 14.5 Å². The normalized spacial score (nSPS) is 14.4. The Morgan fingerprint density at radius 3 is 1.25 bits per heavy atom. The van der Waals surface area contributed by atoms with Crippen LogP contribution < -0.4 is 16.4 Å². The summed E-state index contributed by atoms with van der Waals surface area (Å²) in [6, 6.07) is 31.0. The molecule has 0 saturated heterocycles. The zero-order chi connectivity index (χ0) is 40.6. The minimum absolute atomic E-state index is 0.0698. The summed E-state index contributed by atoms with van der Waals surface area (Å²) in [5.41, 5.74) is 9.40. The van der Waals surface area contributed by atoms with Gasteiger partial charge >= 0.3 is 12.2 Å². The highest BCUT2D eigenvalue weighted by Crippen LogP contribution is 2.23. The summed E-state index contributed by atoms with van der Waals surface area (Å²) in [6.07, 6.45) is -5.09. The van der Waals surface area contributed by atoms with Crippen LogP contribution in [0.3, 0.4) is 0 Å². The molecule has 0 radical (unpaired) electrons. The first kappa shape index (κ1) is 43.2. The number of nitrogens with one attached hydrogen (secondary N) is 2. The zero-order valence-electron chi connectivity index (χ0n) is 32.4. The Labute approximate surface area is 329 Å². The second-order valence-corrected chi connectivity index (χ2v) is 14.5. The van der Waals surface area contributed by atoms with Crippen LogP contribution in [-0.2, 0) is 45.1 Å². The highest BCUT2D eigenvalue weighted by Gasteiger charge is 2.45. The number of rotatable bonds is 18. The molecule has 0 aliphatic heterocycles. The van der Waals surface area contributed by atoms with Gasteiger partial charge in [-0.15, -0.1) is 0 Å². The van der Waals surface area contributed by atoms with E-state index in [-0.39, 0.29) is 26.1 Å². The van der Waals surface area contributed by atoms with Crippen LogP contribution in [0.15, 0.2) is 121 Å². The molecule has 298 valence electrons. The van der Waals surface area contributed by atoms with Crippen molar-refractivity contribution >= 4 is 24.0 Å². The predicted molar refractivity (Wildman–Crippen MR) is 213 cm³/mol. The summed E-state index contributed by atoms with van der Waals surface area (Å²) < 4.78 is 10.9. The van der Waals surface area contributed by atoms with E-state index in [1.165, 1.54) is 0 Å². The Hall–Kier alpha value is -5.56. The molecule has 0 aromatic heterocycles. The van der Waals surface area contributed by atoms with Gasteiger partial charge < -0.3 is 36.1 Å². The first-order valence-corrected chi connectivity index (χ1v) is 18.9. The topological polar surface area (TPSA) is 181 Å². The summed E-state index contributed by atoms with van der Waals surface area (Å²) in [5.74, 6) is -2.92. The number of carbonyl (C=O) groups excluding carboxylic acids is 4. The molecule has 0 unspecified atom stereocenters. The third kappa shape index (κ3) is 12.8. The highest BCUT2D eigenvalue weighted by atomic mass is 16.6. The molecule has 0 fully saturated rings. The van der Waals surface area contributed by atoms with Gasteiger partial charge in [0.25, 0.3) is 11.8 Å². The standard InChI is InChI=1S/C44H54N4O8/c1-29(2)37(46-43(53)55-27-33-21-13-7-14-22-33)41(51)48(42(52)38(30(3)4)47-44(54)56-28-34-23-15-8-16-24-34)36(26-32-19-11-6-12-20-32)40(50)39(49)35(45)25-31-17-9-5-10-18-31/h5-24,29-30,35-40,49-50H,25-28,45H2,1-4H3,(H,46,53)(H,47,54)/t35-,36-,37-,38-,39+,40+/m0/s1. The molecular formula is C44H54N4O8. The fourth-order valence-electron chi connectivity index (χ4n) is 6.25. The number of aliphatic hydroxyl groups is 2. The predicted octanol–water partition coefficient (Wildman–Crippen LogP) is 5.15. The Morgan fingerprint density at radius 2 is 0.893 bits per heavy atom. The minimum atomic E-state index is -1.77. The SMILES string of the molecule is CC(C)[C@H](NC(=O)OCc1ccccc1)C(=O)N(C(=O)[C@@H](NC(=O)OCc1ccccc1)C(C)C)[C@@H](Cc1ccccc1)[C@@H](O)[C@H](O)[C@@H](N)Cc1ccccc1. The molecule has 4 aromatic rings. The quantitative estimate of drug-likeness (QED) is 0.0916. The van der Waals surface area contributed by atoms with Gasteiger partial charge in [0.05, 0.1) is 12.1 Å². The second-order valence-electron chi connectivity index (χ2n) is 14.5. The van der Waals surface area contributed by atoms with E-state index in [0.717, 1.165) is 21.6 Å². The molecule has 0 heterocycles.